The Morgan fingerprint density at radius 2 is 0.922 bits per heavy atom. The molecule has 15 heteroatoms. The first kappa shape index (κ1) is 63.9. The second-order valence-electron chi connectivity index (χ2n) is 18.0. The van der Waals surface area contributed by atoms with Crippen molar-refractivity contribution < 1.29 is 49.3 Å². The molecule has 0 saturated heterocycles. The summed E-state index contributed by atoms with van der Waals surface area (Å²) in [5, 5.41) is 41.7. The number of carbonyl (C=O) groups is 1. The third kappa shape index (κ3) is 17.2. The van der Waals surface area contributed by atoms with Crippen LogP contribution < -0.4 is 48.4 Å². The number of halogens is 2. The third-order valence-corrected chi connectivity index (χ3v) is 21.9. The minimum Gasteiger partial charge on any atom is -1.00 e. The molecule has 1 fully saturated rings. The van der Waals surface area contributed by atoms with Crippen LogP contribution in [0.4, 0.5) is 0 Å². The van der Waals surface area contributed by atoms with Gasteiger partial charge in [-0.1, -0.05) is 133 Å². The van der Waals surface area contributed by atoms with E-state index >= 15 is 0 Å². The molecular weight excluding hydrogens is 1120 g/mol. The van der Waals surface area contributed by atoms with Crippen molar-refractivity contribution in [1.82, 2.24) is 4.17 Å². The molecule has 0 spiro atoms. The Morgan fingerprint density at radius 3 is 1.22 bits per heavy atom. The Balaban J connectivity index is 0.000000296. The summed E-state index contributed by atoms with van der Waals surface area (Å²) in [6, 6.07) is 74.6. The van der Waals surface area contributed by atoms with Gasteiger partial charge < -0.3 is 27.7 Å². The monoisotopic (exact) mass is 1180 g/mol. The Morgan fingerprint density at radius 1 is 0.610 bits per heavy atom. The molecule has 0 aromatic heterocycles. The number of carboxylic acid groups (broad SMARTS) is 1. The second-order valence-corrected chi connectivity index (χ2v) is 27.4. The van der Waals surface area contributed by atoms with Gasteiger partial charge in [0, 0.05) is 62.9 Å². The average molecular weight is 1180 g/mol. The van der Waals surface area contributed by atoms with Crippen molar-refractivity contribution in [2.75, 3.05) is 0 Å². The van der Waals surface area contributed by atoms with E-state index in [2.05, 4.69) is 170 Å². The summed E-state index contributed by atoms with van der Waals surface area (Å²) in [5.41, 5.74) is 5.48. The fourth-order valence-corrected chi connectivity index (χ4v) is 18.6. The zero-order valence-corrected chi connectivity index (χ0v) is 49.9. The molecule has 8 aromatic carbocycles. The average Bonchev–Trinajstić information content (AvgIpc) is 3.46. The van der Waals surface area contributed by atoms with Crippen LogP contribution in [0.1, 0.15) is 66.0 Å². The molecule has 8 aromatic rings. The van der Waals surface area contributed by atoms with E-state index < -0.39 is 20.1 Å². The number of aryl methyl sites for hydroxylation is 4. The van der Waals surface area contributed by atoms with Crippen LogP contribution in [0.25, 0.3) is 0 Å². The van der Waals surface area contributed by atoms with E-state index in [1.807, 2.05) is 64.1 Å². The number of phenolic OH excluding ortho intramolecular Hbond substituents is 2. The number of rotatable bonds is 11. The summed E-state index contributed by atoms with van der Waals surface area (Å²) in [4.78, 5) is 18.6. The van der Waals surface area contributed by atoms with Gasteiger partial charge in [-0.05, 0) is 136 Å². The van der Waals surface area contributed by atoms with Gasteiger partial charge >= 0.3 is 7.05 Å². The molecule has 0 bridgehead atoms. The summed E-state index contributed by atoms with van der Waals surface area (Å²) in [7, 11) is -4.28. The van der Waals surface area contributed by atoms with E-state index in [1.165, 1.54) is 26.5 Å². The minimum absolute atomic E-state index is 0. The zero-order chi connectivity index (χ0) is 53.6. The van der Waals surface area contributed by atoms with Crippen LogP contribution in [-0.4, -0.2) is 45.8 Å². The van der Waals surface area contributed by atoms with Gasteiger partial charge in [-0.15, -0.1) is 4.17 Å². The van der Waals surface area contributed by atoms with Crippen LogP contribution in [0, 0.1) is 38.9 Å². The molecule has 1 saturated carbocycles. The SMILES string of the molecule is CC(=O)O.Cc1cc(C)c(O)c(C=N[C@@H]2CCCC[C@H]2N=Cc2cc(C)cc(C)c2O)c1.N=PPCl.[Cl-].[Co].[c-]1ccccc1P(=[N+]=P(c1ccccc1)(c1ccccc1)c1ccccc1)(c1ccccc1)c1ccccc1. The minimum atomic E-state index is -2.55. The molecule has 0 amide bonds. The molecule has 4 N–H and O–H groups in total. The number of nitrogens with zero attached hydrogens (tertiary/aromatic N) is 3. The Kier molecular flexibility index (Phi) is 26.8. The summed E-state index contributed by atoms with van der Waals surface area (Å²) in [5.74, 6) is -0.240. The maximum atomic E-state index is 10.3. The van der Waals surface area contributed by atoms with E-state index in [0.717, 1.165) is 71.3 Å². The van der Waals surface area contributed by atoms with Crippen LogP contribution in [0.2, 0.25) is 0 Å². The van der Waals surface area contributed by atoms with Crippen molar-refractivity contribution in [3.05, 3.63) is 240 Å². The number of carboxylic acids is 1. The molecule has 1 radical (unpaired) electrons. The number of hydrogen-bond donors (Lipinski definition) is 4. The number of phenols is 2. The van der Waals surface area contributed by atoms with Crippen LogP contribution in [0.5, 0.6) is 11.5 Å². The van der Waals surface area contributed by atoms with Gasteiger partial charge in [0.15, 0.2) is 0 Å². The van der Waals surface area contributed by atoms with Crippen LogP contribution in [-0.2, 0) is 21.6 Å². The molecule has 1 aliphatic carbocycles. The zero-order valence-electron chi connectivity index (χ0n) is 43.7. The number of aliphatic carboxylic acids is 1. The molecule has 0 heterocycles. The van der Waals surface area contributed by atoms with Gasteiger partial charge in [-0.3, -0.25) is 19.9 Å². The molecular formula is C62H65Cl2CoN4O4P4-. The van der Waals surface area contributed by atoms with Gasteiger partial charge in [-0.25, -0.2) is 0 Å². The molecule has 8 nitrogen and oxygen atoms in total. The van der Waals surface area contributed by atoms with Crippen LogP contribution in [0.3, 0.4) is 0 Å². The first-order valence-corrected chi connectivity index (χ1v) is 31.9. The first-order chi connectivity index (χ1) is 36.3. The van der Waals surface area contributed by atoms with Crippen molar-refractivity contribution in [3.8, 4) is 11.5 Å². The summed E-state index contributed by atoms with van der Waals surface area (Å²) >= 11 is 5.01. The van der Waals surface area contributed by atoms with Crippen molar-refractivity contribution in [3.63, 3.8) is 0 Å². The number of aromatic hydroxyl groups is 2. The largest absolute Gasteiger partial charge is 1.00 e. The van der Waals surface area contributed by atoms with E-state index in [1.54, 1.807) is 12.4 Å². The number of aliphatic imine (C=N–C) groups is 2. The Bertz CT molecular complexity index is 2880. The summed E-state index contributed by atoms with van der Waals surface area (Å²) in [6.45, 7) is 8.94. The second kappa shape index (κ2) is 32.3. The molecule has 0 aliphatic heterocycles. The van der Waals surface area contributed by atoms with Gasteiger partial charge in [0.25, 0.3) is 13.0 Å². The normalized spacial score (nSPS) is 14.1. The number of hydrogen-bond acceptors (Lipinski definition) is 6. The molecule has 9 rings (SSSR count). The standard InChI is InChI=1S/C36H29NP2.C24H30N2O2.C2H4O2.ClH2NP2.ClH.Co/c1-7-19-31(20-8-1)38(32-21-9-2-10-22-32,33-23-11-3-12-24-33)37-39(34-25-13-4-14-26-34,35-27-15-5-16-28-35)36-29-17-6-18-30-36;1-15-9-17(3)23(27)19(11-15)13-25-21-7-5-6-8-22(21)26-14-20-12-16(2)10-18(4)24(20)28;1-2(3)4;1-3-4-2;;/h1-29H;9-14,21-22,27-28H,5-8H2,1-4H3;1H3,(H,3,4);2-3H;1H;/p-1/t;21-,22-;;;;/m.1..../s1. The molecule has 3 atom stereocenters. The van der Waals surface area contributed by atoms with E-state index in [0.29, 0.717) is 19.6 Å². The van der Waals surface area contributed by atoms with Crippen molar-refractivity contribution >= 4 is 91.3 Å². The van der Waals surface area contributed by atoms with E-state index in [4.69, 9.17) is 40.5 Å². The predicted molar refractivity (Wildman–Crippen MR) is 325 cm³/mol. The van der Waals surface area contributed by atoms with Crippen LogP contribution in [0.15, 0.2) is 210 Å². The summed E-state index contributed by atoms with van der Waals surface area (Å²) < 4.78 is 6.35. The maximum Gasteiger partial charge on any atom is 0.301 e. The predicted octanol–water partition coefficient (Wildman–Crippen LogP) is 10.9. The molecule has 1 unspecified atom stereocenters. The number of benzene rings is 8. The maximum absolute atomic E-state index is 10.3. The Hall–Kier alpha value is -5.64. The van der Waals surface area contributed by atoms with E-state index in [-0.39, 0.29) is 48.9 Å². The van der Waals surface area contributed by atoms with Gasteiger partial charge in [0.1, 0.15) is 11.5 Å². The molecule has 401 valence electrons. The Labute approximate surface area is 480 Å². The van der Waals surface area contributed by atoms with Gasteiger partial charge in [0.2, 0.25) is 0 Å². The van der Waals surface area contributed by atoms with Crippen LogP contribution >= 0.6 is 41.0 Å². The number of nitrogens with one attached hydrogen (secondary N) is 1. The quantitative estimate of drug-likeness (QED) is 0.0443. The third-order valence-electron chi connectivity index (χ3n) is 12.5. The molecule has 1 aliphatic rings. The van der Waals surface area contributed by atoms with Crippen molar-refractivity contribution in [1.29, 1.82) is 5.16 Å². The smallest absolute Gasteiger partial charge is 0.301 e. The van der Waals surface area contributed by atoms with Crippen molar-refractivity contribution in [2.45, 2.75) is 72.4 Å². The van der Waals surface area contributed by atoms with Gasteiger partial charge in [-0.2, -0.15) is 30.3 Å². The fraction of sp³-hybridized carbons (Fsp3) is 0.177. The van der Waals surface area contributed by atoms with E-state index in [9.17, 15) is 10.2 Å². The first-order valence-electron chi connectivity index (χ1n) is 24.7. The fourth-order valence-electron chi connectivity index (χ4n) is 9.16. The van der Waals surface area contributed by atoms with Gasteiger partial charge in [0.05, 0.1) is 38.6 Å². The molecule has 77 heavy (non-hydrogen) atoms. The topological polar surface area (TPSA) is 140 Å². The van der Waals surface area contributed by atoms with Crippen molar-refractivity contribution in [2.24, 2.45) is 9.98 Å². The summed E-state index contributed by atoms with van der Waals surface area (Å²) in [6.07, 6.45) is 7.85.